The van der Waals surface area contributed by atoms with E-state index in [2.05, 4.69) is 32.1 Å². The first-order valence-corrected chi connectivity index (χ1v) is 12.4. The zero-order valence-corrected chi connectivity index (χ0v) is 19.0. The van der Waals surface area contributed by atoms with Crippen LogP contribution in [-0.2, 0) is 16.6 Å². The summed E-state index contributed by atoms with van der Waals surface area (Å²) in [6.45, 7) is 4.13. The minimum absolute atomic E-state index is 0.0832. The predicted octanol–water partition coefficient (Wildman–Crippen LogP) is 3.11. The van der Waals surface area contributed by atoms with Crippen LogP contribution in [0, 0.1) is 10.1 Å². The monoisotopic (exact) mass is 473 g/mol. The highest BCUT2D eigenvalue weighted by Gasteiger charge is 2.27. The number of piperidine rings is 1. The van der Waals surface area contributed by atoms with Crippen LogP contribution in [0.1, 0.15) is 31.2 Å². The molecule has 1 saturated heterocycles. The molecule has 0 aliphatic carbocycles. The highest BCUT2D eigenvalue weighted by atomic mass is 32.2. The van der Waals surface area contributed by atoms with Gasteiger partial charge in [-0.15, -0.1) is 4.40 Å². The summed E-state index contributed by atoms with van der Waals surface area (Å²) in [5.41, 5.74) is 1.18. The lowest BCUT2D eigenvalue weighted by molar-refractivity contribution is -0.385. The maximum atomic E-state index is 12.4. The second kappa shape index (κ2) is 10.2. The van der Waals surface area contributed by atoms with Crippen molar-refractivity contribution in [2.75, 3.05) is 31.6 Å². The second-order valence-corrected chi connectivity index (χ2v) is 9.66. The normalized spacial score (nSPS) is 17.4. The van der Waals surface area contributed by atoms with Crippen molar-refractivity contribution in [3.63, 3.8) is 0 Å². The number of ether oxygens (including phenoxy) is 1. The number of anilines is 1. The number of hydrogen-bond donors (Lipinski definition) is 2. The maximum Gasteiger partial charge on any atom is 0.287 e. The van der Waals surface area contributed by atoms with Gasteiger partial charge in [0.05, 0.1) is 17.2 Å². The van der Waals surface area contributed by atoms with Crippen LogP contribution in [0.15, 0.2) is 51.8 Å². The summed E-state index contributed by atoms with van der Waals surface area (Å²) >= 11 is 0. The van der Waals surface area contributed by atoms with Crippen molar-refractivity contribution in [2.24, 2.45) is 4.40 Å². The van der Waals surface area contributed by atoms with Gasteiger partial charge in [-0.25, -0.2) is 0 Å². The smallest absolute Gasteiger partial charge is 0.287 e. The number of guanidine groups is 1. The second-order valence-electron chi connectivity index (χ2n) is 8.09. The van der Waals surface area contributed by atoms with Crippen LogP contribution in [0.2, 0.25) is 0 Å². The topological polar surface area (TPSA) is 126 Å². The number of nitro benzene ring substituents is 1. The van der Waals surface area contributed by atoms with Gasteiger partial charge in [0.1, 0.15) is 10.6 Å². The van der Waals surface area contributed by atoms with Gasteiger partial charge in [0, 0.05) is 25.2 Å². The van der Waals surface area contributed by atoms with Crippen LogP contribution in [-0.4, -0.2) is 50.4 Å². The maximum absolute atomic E-state index is 12.4. The minimum Gasteiger partial charge on any atom is -0.494 e. The van der Waals surface area contributed by atoms with E-state index in [0.29, 0.717) is 19.6 Å². The van der Waals surface area contributed by atoms with Crippen LogP contribution < -0.4 is 15.4 Å². The van der Waals surface area contributed by atoms with E-state index in [0.717, 1.165) is 31.5 Å². The Labute approximate surface area is 192 Å². The Morgan fingerprint density at radius 1 is 1.15 bits per heavy atom. The third-order valence-electron chi connectivity index (χ3n) is 5.55. The molecular formula is C22H27N5O5S. The number of non-ortho nitro benzene ring substituents is 1. The van der Waals surface area contributed by atoms with Gasteiger partial charge in [-0.2, -0.15) is 8.42 Å². The molecule has 2 aliphatic rings. The van der Waals surface area contributed by atoms with Crippen LogP contribution in [0.3, 0.4) is 0 Å². The number of likely N-dealkylation sites (tertiary alicyclic amines) is 1. The molecule has 11 heteroatoms. The first kappa shape index (κ1) is 23.0. The lowest BCUT2D eigenvalue weighted by atomic mass is 10.1. The zero-order valence-electron chi connectivity index (χ0n) is 18.2. The Kier molecular flexibility index (Phi) is 7.09. The number of nitrogens with zero attached hydrogens (tertiary/aromatic N) is 3. The summed E-state index contributed by atoms with van der Waals surface area (Å²) in [7, 11) is -4.03. The van der Waals surface area contributed by atoms with Gasteiger partial charge >= 0.3 is 0 Å². The molecule has 0 spiro atoms. The average Bonchev–Trinajstić information content (AvgIpc) is 2.79. The van der Waals surface area contributed by atoms with Crippen LogP contribution in [0.4, 0.5) is 11.4 Å². The Morgan fingerprint density at radius 2 is 1.97 bits per heavy atom. The molecule has 0 saturated carbocycles. The Morgan fingerprint density at radius 3 is 2.76 bits per heavy atom. The molecule has 1 fully saturated rings. The number of sulfonamides is 1. The van der Waals surface area contributed by atoms with Crippen molar-refractivity contribution >= 4 is 27.4 Å². The third-order valence-corrected chi connectivity index (χ3v) is 6.87. The summed E-state index contributed by atoms with van der Waals surface area (Å²) in [6, 6.07) is 11.7. The number of nitro groups is 1. The molecule has 0 radical (unpaired) electrons. The summed E-state index contributed by atoms with van der Waals surface area (Å²) in [5, 5.41) is 16.7. The molecule has 4 rings (SSSR count). The SMILES string of the molecule is O=[N+]([O-])c1ccc2c(c1)S(=O)(=O)N=C(NCCCOc1cccc(CN3CCCCC3)c1)N2. The molecular weight excluding hydrogens is 446 g/mol. The molecule has 2 aromatic carbocycles. The van der Waals surface area contributed by atoms with Gasteiger partial charge in [-0.3, -0.25) is 15.0 Å². The molecule has 0 amide bonds. The van der Waals surface area contributed by atoms with Gasteiger partial charge in [-0.05, 0) is 56.1 Å². The molecule has 0 atom stereocenters. The first-order valence-electron chi connectivity index (χ1n) is 11.0. The zero-order chi connectivity index (χ0) is 23.3. The van der Waals surface area contributed by atoms with Gasteiger partial charge in [0.15, 0.2) is 0 Å². The quantitative estimate of drug-likeness (QED) is 0.340. The molecule has 0 unspecified atom stereocenters. The predicted molar refractivity (Wildman–Crippen MR) is 125 cm³/mol. The largest absolute Gasteiger partial charge is 0.494 e. The highest BCUT2D eigenvalue weighted by Crippen LogP contribution is 2.30. The van der Waals surface area contributed by atoms with Crippen molar-refractivity contribution in [1.82, 2.24) is 10.2 Å². The minimum atomic E-state index is -4.03. The average molecular weight is 474 g/mol. The fourth-order valence-corrected chi connectivity index (χ4v) is 5.03. The number of hydrogen-bond acceptors (Lipinski definition) is 8. The molecule has 2 aromatic rings. The van der Waals surface area contributed by atoms with Crippen LogP contribution in [0.5, 0.6) is 5.75 Å². The fourth-order valence-electron chi connectivity index (χ4n) is 3.92. The summed E-state index contributed by atoms with van der Waals surface area (Å²) < 4.78 is 34.3. The van der Waals surface area contributed by atoms with E-state index >= 15 is 0 Å². The van der Waals surface area contributed by atoms with E-state index in [1.54, 1.807) is 0 Å². The molecule has 2 aliphatic heterocycles. The van der Waals surface area contributed by atoms with Crippen molar-refractivity contribution in [3.05, 3.63) is 58.1 Å². The molecule has 0 bridgehead atoms. The molecule has 2 heterocycles. The third kappa shape index (κ3) is 5.99. The van der Waals surface area contributed by atoms with Crippen molar-refractivity contribution < 1.29 is 18.1 Å². The van der Waals surface area contributed by atoms with Gasteiger partial charge in [0.2, 0.25) is 5.96 Å². The summed E-state index contributed by atoms with van der Waals surface area (Å²) in [6.07, 6.45) is 4.47. The Balaban J connectivity index is 1.25. The van der Waals surface area contributed by atoms with Crippen LogP contribution >= 0.6 is 0 Å². The van der Waals surface area contributed by atoms with E-state index in [1.165, 1.54) is 37.0 Å². The van der Waals surface area contributed by atoms with E-state index < -0.39 is 14.9 Å². The van der Waals surface area contributed by atoms with Crippen molar-refractivity contribution in [2.45, 2.75) is 37.1 Å². The van der Waals surface area contributed by atoms with E-state index in [9.17, 15) is 18.5 Å². The Bertz CT molecular complexity index is 1150. The van der Waals surface area contributed by atoms with E-state index in [1.807, 2.05) is 12.1 Å². The van der Waals surface area contributed by atoms with Gasteiger partial charge in [-0.1, -0.05) is 18.6 Å². The van der Waals surface area contributed by atoms with Gasteiger partial charge in [0.25, 0.3) is 15.7 Å². The van der Waals surface area contributed by atoms with E-state index in [4.69, 9.17) is 4.74 Å². The Hall–Kier alpha value is -3.18. The first-order chi connectivity index (χ1) is 15.9. The lowest BCUT2D eigenvalue weighted by Crippen LogP contribution is -2.35. The number of rotatable bonds is 8. The number of nitrogens with one attached hydrogen (secondary N) is 2. The van der Waals surface area contributed by atoms with E-state index in [-0.39, 0.29) is 22.2 Å². The highest BCUT2D eigenvalue weighted by molar-refractivity contribution is 7.90. The standard InChI is InChI=1S/C22H27N5O5S/c28-27(29)18-8-9-20-21(15-18)33(30,31)25-22(24-20)23-10-5-13-32-19-7-4-6-17(14-19)16-26-11-2-1-3-12-26/h4,6-9,14-15H,1-3,5,10-13,16H2,(H2,23,24,25). The lowest BCUT2D eigenvalue weighted by Gasteiger charge is -2.26. The van der Waals surface area contributed by atoms with Gasteiger partial charge < -0.3 is 15.4 Å². The summed E-state index contributed by atoms with van der Waals surface area (Å²) in [5.74, 6) is 0.899. The molecule has 176 valence electrons. The molecule has 10 nitrogen and oxygen atoms in total. The number of fused-ring (bicyclic) bond motifs is 1. The fraction of sp³-hybridized carbons (Fsp3) is 0.409. The number of benzene rings is 2. The van der Waals surface area contributed by atoms with Crippen molar-refractivity contribution in [3.8, 4) is 5.75 Å². The summed E-state index contributed by atoms with van der Waals surface area (Å²) in [4.78, 5) is 12.5. The van der Waals surface area contributed by atoms with Crippen LogP contribution in [0.25, 0.3) is 0 Å². The molecule has 0 aromatic heterocycles. The van der Waals surface area contributed by atoms with Crippen molar-refractivity contribution in [1.29, 1.82) is 0 Å². The molecule has 33 heavy (non-hydrogen) atoms. The molecule has 2 N–H and O–H groups in total.